The summed E-state index contributed by atoms with van der Waals surface area (Å²) in [5, 5.41) is 3.13. The molecule has 0 unspecified atom stereocenters. The summed E-state index contributed by atoms with van der Waals surface area (Å²) in [7, 11) is 0. The number of amides is 2. The minimum Gasteiger partial charge on any atom is -0.367 e. The summed E-state index contributed by atoms with van der Waals surface area (Å²) in [6, 6.07) is 10.7. The second kappa shape index (κ2) is 10.7. The third-order valence-electron chi connectivity index (χ3n) is 3.97. The maximum absolute atomic E-state index is 12.7. The van der Waals surface area contributed by atoms with Gasteiger partial charge in [0.1, 0.15) is 13.2 Å². The van der Waals surface area contributed by atoms with E-state index in [1.807, 2.05) is 0 Å². The highest BCUT2D eigenvalue weighted by atomic mass is 35.5. The fourth-order valence-electron chi connectivity index (χ4n) is 2.51. The molecule has 0 aromatic heterocycles. The first-order chi connectivity index (χ1) is 14.1. The Kier molecular flexibility index (Phi) is 8.52. The summed E-state index contributed by atoms with van der Waals surface area (Å²) >= 11 is 12.1. The number of halogens is 5. The number of nitrogens with one attached hydrogen (secondary N) is 1. The molecule has 0 radical (unpaired) electrons. The van der Waals surface area contributed by atoms with Gasteiger partial charge in [-0.25, -0.2) is 0 Å². The normalized spacial score (nSPS) is 11.3. The van der Waals surface area contributed by atoms with Crippen molar-refractivity contribution >= 4 is 40.7 Å². The van der Waals surface area contributed by atoms with Crippen LogP contribution in [-0.4, -0.2) is 42.6 Å². The molecule has 1 N–H and O–H groups in total. The van der Waals surface area contributed by atoms with Crippen molar-refractivity contribution in [2.75, 3.05) is 25.0 Å². The topological polar surface area (TPSA) is 58.6 Å². The van der Waals surface area contributed by atoms with Gasteiger partial charge in [-0.1, -0.05) is 41.4 Å². The van der Waals surface area contributed by atoms with Crippen LogP contribution in [0.5, 0.6) is 0 Å². The number of nitrogens with zero attached hydrogens (tertiary/aromatic N) is 1. The number of hydrogen-bond acceptors (Lipinski definition) is 3. The SMILES string of the molecule is CCN(CC(=O)Nc1c(Cl)cccc1Cl)C(=O)c1ccc(COCC(F)(F)F)cc1. The van der Waals surface area contributed by atoms with Gasteiger partial charge in [-0.15, -0.1) is 0 Å². The second-order valence-electron chi connectivity index (χ2n) is 6.27. The molecule has 0 saturated heterocycles. The van der Waals surface area contributed by atoms with Crippen molar-refractivity contribution in [2.45, 2.75) is 19.7 Å². The van der Waals surface area contributed by atoms with Crippen molar-refractivity contribution in [3.05, 3.63) is 63.6 Å². The van der Waals surface area contributed by atoms with Gasteiger partial charge in [-0.2, -0.15) is 13.2 Å². The Bertz CT molecular complexity index is 870. The number of benzene rings is 2. The zero-order valence-corrected chi connectivity index (χ0v) is 17.4. The summed E-state index contributed by atoms with van der Waals surface area (Å²) < 4.78 is 40.9. The van der Waals surface area contributed by atoms with Gasteiger partial charge in [-0.3, -0.25) is 9.59 Å². The molecule has 0 aliphatic carbocycles. The molecule has 0 aliphatic heterocycles. The first kappa shape index (κ1) is 24.0. The van der Waals surface area contributed by atoms with Crippen LogP contribution in [0.25, 0.3) is 0 Å². The van der Waals surface area contributed by atoms with Crippen LogP contribution in [0.15, 0.2) is 42.5 Å². The molecule has 162 valence electrons. The minimum absolute atomic E-state index is 0.229. The van der Waals surface area contributed by atoms with Crippen LogP contribution in [0.3, 0.4) is 0 Å². The predicted octanol–water partition coefficient (Wildman–Crippen LogP) is 5.17. The molecule has 0 atom stereocenters. The molecule has 0 spiro atoms. The molecule has 2 amide bonds. The van der Waals surface area contributed by atoms with Crippen molar-refractivity contribution in [2.24, 2.45) is 0 Å². The molecule has 0 heterocycles. The highest BCUT2D eigenvalue weighted by molar-refractivity contribution is 6.39. The molecule has 10 heteroatoms. The van der Waals surface area contributed by atoms with Crippen molar-refractivity contribution in [3.8, 4) is 0 Å². The number of carbonyl (C=O) groups is 2. The van der Waals surface area contributed by atoms with E-state index in [-0.39, 0.29) is 35.4 Å². The Morgan fingerprint density at radius 1 is 1.07 bits per heavy atom. The van der Waals surface area contributed by atoms with Gasteiger partial charge in [0.2, 0.25) is 5.91 Å². The Morgan fingerprint density at radius 3 is 2.20 bits per heavy atom. The molecule has 2 aromatic carbocycles. The Morgan fingerprint density at radius 2 is 1.67 bits per heavy atom. The van der Waals surface area contributed by atoms with Gasteiger partial charge >= 0.3 is 6.18 Å². The summed E-state index contributed by atoms with van der Waals surface area (Å²) in [4.78, 5) is 26.3. The van der Waals surface area contributed by atoms with Gasteiger partial charge in [0, 0.05) is 12.1 Å². The molecule has 5 nitrogen and oxygen atoms in total. The number of carbonyl (C=O) groups excluding carboxylic acids is 2. The number of hydrogen-bond donors (Lipinski definition) is 1. The fraction of sp³-hybridized carbons (Fsp3) is 0.300. The molecule has 0 fully saturated rings. The standard InChI is InChI=1S/C20H19Cl2F3N2O3/c1-2-27(10-17(28)26-18-15(21)4-3-5-16(18)22)19(29)14-8-6-13(7-9-14)11-30-12-20(23,24)25/h3-9H,2,10-12H2,1H3,(H,26,28). The van der Waals surface area contributed by atoms with Crippen LogP contribution in [-0.2, 0) is 16.1 Å². The number of para-hydroxylation sites is 1. The zero-order chi connectivity index (χ0) is 22.3. The third-order valence-corrected chi connectivity index (χ3v) is 4.60. The van der Waals surface area contributed by atoms with E-state index >= 15 is 0 Å². The Labute approximate surface area is 181 Å². The molecule has 2 rings (SSSR count). The van der Waals surface area contributed by atoms with Gasteiger partial charge in [0.25, 0.3) is 5.91 Å². The summed E-state index contributed by atoms with van der Waals surface area (Å²) in [5.74, 6) is -0.877. The zero-order valence-electron chi connectivity index (χ0n) is 15.9. The molecular formula is C20H19Cl2F3N2O3. The van der Waals surface area contributed by atoms with Gasteiger partial charge in [0.15, 0.2) is 0 Å². The third kappa shape index (κ3) is 7.19. The lowest BCUT2D eigenvalue weighted by Crippen LogP contribution is -2.38. The van der Waals surface area contributed by atoms with Crippen LogP contribution in [0.4, 0.5) is 18.9 Å². The van der Waals surface area contributed by atoms with E-state index in [4.69, 9.17) is 23.2 Å². The lowest BCUT2D eigenvalue weighted by atomic mass is 10.1. The molecule has 30 heavy (non-hydrogen) atoms. The fourth-order valence-corrected chi connectivity index (χ4v) is 3.00. The van der Waals surface area contributed by atoms with Crippen LogP contribution in [0, 0.1) is 0 Å². The van der Waals surface area contributed by atoms with Crippen molar-refractivity contribution in [1.29, 1.82) is 0 Å². The largest absolute Gasteiger partial charge is 0.411 e. The number of likely N-dealkylation sites (N-methyl/N-ethyl adjacent to an activating group) is 1. The minimum atomic E-state index is -4.40. The summed E-state index contributed by atoms with van der Waals surface area (Å²) in [6.45, 7) is 0.174. The predicted molar refractivity (Wildman–Crippen MR) is 109 cm³/mol. The van der Waals surface area contributed by atoms with E-state index in [2.05, 4.69) is 10.1 Å². The summed E-state index contributed by atoms with van der Waals surface area (Å²) in [6.07, 6.45) is -4.40. The first-order valence-corrected chi connectivity index (χ1v) is 9.63. The van der Waals surface area contributed by atoms with Crippen molar-refractivity contribution < 1.29 is 27.5 Å². The van der Waals surface area contributed by atoms with Crippen LogP contribution in [0.1, 0.15) is 22.8 Å². The lowest BCUT2D eigenvalue weighted by Gasteiger charge is -2.21. The van der Waals surface area contributed by atoms with Crippen LogP contribution in [0.2, 0.25) is 10.0 Å². The van der Waals surface area contributed by atoms with Crippen molar-refractivity contribution in [3.63, 3.8) is 0 Å². The second-order valence-corrected chi connectivity index (χ2v) is 7.08. The average Bonchev–Trinajstić information content (AvgIpc) is 2.68. The summed E-state index contributed by atoms with van der Waals surface area (Å²) in [5.41, 5.74) is 1.04. The molecule has 0 bridgehead atoms. The number of anilines is 1. The van der Waals surface area contributed by atoms with E-state index in [1.54, 1.807) is 25.1 Å². The lowest BCUT2D eigenvalue weighted by molar-refractivity contribution is -0.176. The van der Waals surface area contributed by atoms with Gasteiger partial charge in [-0.05, 0) is 36.8 Å². The van der Waals surface area contributed by atoms with Crippen LogP contribution < -0.4 is 5.32 Å². The molecular weight excluding hydrogens is 444 g/mol. The quantitative estimate of drug-likeness (QED) is 0.588. The Hall–Kier alpha value is -2.29. The molecule has 0 saturated carbocycles. The number of alkyl halides is 3. The monoisotopic (exact) mass is 462 g/mol. The van der Waals surface area contributed by atoms with Crippen LogP contribution >= 0.6 is 23.2 Å². The van der Waals surface area contributed by atoms with Gasteiger partial charge in [0.05, 0.1) is 22.3 Å². The highest BCUT2D eigenvalue weighted by Gasteiger charge is 2.27. The number of ether oxygens (including phenoxy) is 1. The maximum Gasteiger partial charge on any atom is 0.411 e. The first-order valence-electron chi connectivity index (χ1n) is 8.87. The van der Waals surface area contributed by atoms with E-state index in [1.165, 1.54) is 29.2 Å². The smallest absolute Gasteiger partial charge is 0.367 e. The van der Waals surface area contributed by atoms with E-state index in [0.717, 1.165) is 0 Å². The van der Waals surface area contributed by atoms with E-state index in [0.29, 0.717) is 11.1 Å². The van der Waals surface area contributed by atoms with E-state index in [9.17, 15) is 22.8 Å². The van der Waals surface area contributed by atoms with E-state index < -0.39 is 24.6 Å². The van der Waals surface area contributed by atoms with Gasteiger partial charge < -0.3 is 15.0 Å². The Balaban J connectivity index is 1.97. The number of rotatable bonds is 8. The van der Waals surface area contributed by atoms with Crippen molar-refractivity contribution in [1.82, 2.24) is 4.90 Å². The average molecular weight is 463 g/mol. The molecule has 0 aliphatic rings. The maximum atomic E-state index is 12.7. The highest BCUT2D eigenvalue weighted by Crippen LogP contribution is 2.29. The molecule has 2 aromatic rings.